The average molecular weight is 347 g/mol. The third-order valence-electron chi connectivity index (χ3n) is 3.60. The van der Waals surface area contributed by atoms with Crippen molar-refractivity contribution in [2.45, 2.75) is 23.5 Å². The van der Waals surface area contributed by atoms with Crippen LogP contribution in [0.4, 0.5) is 0 Å². The minimum absolute atomic E-state index is 0.583. The van der Waals surface area contributed by atoms with E-state index in [1.165, 1.54) is 34.6 Å². The topological polar surface area (TPSA) is 0 Å². The van der Waals surface area contributed by atoms with E-state index in [0.29, 0.717) is 5.25 Å². The molecule has 0 amide bonds. The van der Waals surface area contributed by atoms with E-state index in [9.17, 15) is 0 Å². The van der Waals surface area contributed by atoms with Gasteiger partial charge in [0, 0.05) is 30.0 Å². The minimum atomic E-state index is 0.583. The summed E-state index contributed by atoms with van der Waals surface area (Å²) < 4.78 is 1.36. The van der Waals surface area contributed by atoms with Crippen molar-refractivity contribution >= 4 is 61.6 Å². The molecule has 2 aliphatic rings. The summed E-state index contributed by atoms with van der Waals surface area (Å²) in [6.45, 7) is 6.55. The van der Waals surface area contributed by atoms with Crippen LogP contribution in [0.15, 0.2) is 57.0 Å². The van der Waals surface area contributed by atoms with Crippen molar-refractivity contribution in [2.75, 3.05) is 0 Å². The molecule has 0 saturated carbocycles. The fourth-order valence-corrected chi connectivity index (χ4v) is 7.54. The van der Waals surface area contributed by atoms with Crippen LogP contribution in [0.25, 0.3) is 15.0 Å². The molecule has 1 aromatic carbocycles. The summed E-state index contributed by atoms with van der Waals surface area (Å²) in [5, 5.41) is 4.31. The predicted molar refractivity (Wildman–Crippen MR) is 102 cm³/mol. The Morgan fingerprint density at radius 1 is 1.24 bits per heavy atom. The molecule has 0 radical (unpaired) electrons. The number of rotatable bonds is 1. The molecule has 21 heavy (non-hydrogen) atoms. The van der Waals surface area contributed by atoms with Crippen molar-refractivity contribution in [1.82, 2.24) is 0 Å². The van der Waals surface area contributed by atoms with E-state index in [2.05, 4.69) is 49.3 Å². The zero-order valence-corrected chi connectivity index (χ0v) is 14.9. The fraction of sp³-hybridized carbons (Fsp3) is 0.176. The Morgan fingerprint density at radius 3 is 2.90 bits per heavy atom. The van der Waals surface area contributed by atoms with Crippen molar-refractivity contribution < 1.29 is 0 Å². The van der Waals surface area contributed by atoms with Crippen LogP contribution in [-0.4, -0.2) is 5.25 Å². The first-order valence-electron chi connectivity index (χ1n) is 6.81. The maximum absolute atomic E-state index is 4.34. The predicted octanol–water partition coefficient (Wildman–Crippen LogP) is 6.96. The monoisotopic (exact) mass is 346 g/mol. The Labute approximate surface area is 141 Å². The molecule has 3 heterocycles. The molecule has 0 bridgehead atoms. The molecular formula is C17H14S4. The van der Waals surface area contributed by atoms with Gasteiger partial charge in [-0.05, 0) is 29.7 Å². The Kier molecular flexibility index (Phi) is 3.74. The van der Waals surface area contributed by atoms with Crippen molar-refractivity contribution in [3.63, 3.8) is 0 Å². The zero-order valence-electron chi connectivity index (χ0n) is 11.6. The van der Waals surface area contributed by atoms with E-state index in [4.69, 9.17) is 0 Å². The highest BCUT2D eigenvalue weighted by atomic mass is 32.2. The molecule has 0 saturated heterocycles. The van der Waals surface area contributed by atoms with Gasteiger partial charge < -0.3 is 0 Å². The Bertz CT molecular complexity index is 794. The van der Waals surface area contributed by atoms with Crippen LogP contribution in [0.3, 0.4) is 0 Å². The molecule has 0 N–H and O–H groups in total. The Balaban J connectivity index is 1.73. The lowest BCUT2D eigenvalue weighted by Gasteiger charge is -2.13. The molecule has 4 heteroatoms. The number of allylic oxidation sites excluding steroid dienone is 2. The van der Waals surface area contributed by atoms with Gasteiger partial charge in [0.2, 0.25) is 0 Å². The van der Waals surface area contributed by atoms with Gasteiger partial charge in [-0.3, -0.25) is 0 Å². The van der Waals surface area contributed by atoms with Crippen LogP contribution >= 0.6 is 46.6 Å². The molecule has 1 aromatic heterocycles. The average Bonchev–Trinajstić information content (AvgIpc) is 3.03. The molecule has 0 fully saturated rings. The highest BCUT2D eigenvalue weighted by molar-refractivity contribution is 8.15. The zero-order chi connectivity index (χ0) is 14.4. The Hall–Kier alpha value is -0.550. The van der Waals surface area contributed by atoms with Gasteiger partial charge in [-0.15, -0.1) is 23.1 Å². The third kappa shape index (κ3) is 2.52. The maximum atomic E-state index is 4.34. The highest BCUT2D eigenvalue weighted by Crippen LogP contribution is 2.53. The normalized spacial score (nSPS) is 22.0. The van der Waals surface area contributed by atoms with Crippen molar-refractivity contribution in [1.29, 1.82) is 0 Å². The van der Waals surface area contributed by atoms with Crippen molar-refractivity contribution in [2.24, 2.45) is 0 Å². The van der Waals surface area contributed by atoms with Crippen LogP contribution in [0.2, 0.25) is 0 Å². The first kappa shape index (κ1) is 14.1. The van der Waals surface area contributed by atoms with Gasteiger partial charge in [0.05, 0.1) is 4.88 Å². The second-order valence-corrected chi connectivity index (χ2v) is 9.63. The van der Waals surface area contributed by atoms with E-state index in [1.807, 2.05) is 46.6 Å². The molecule has 0 aliphatic carbocycles. The van der Waals surface area contributed by atoms with Gasteiger partial charge in [0.1, 0.15) is 0 Å². The number of thiophene rings is 1. The molecule has 2 aliphatic heterocycles. The smallest absolute Gasteiger partial charge is 0.0555 e. The van der Waals surface area contributed by atoms with Gasteiger partial charge >= 0.3 is 0 Å². The lowest BCUT2D eigenvalue weighted by Crippen LogP contribution is -1.98. The molecule has 0 spiro atoms. The Morgan fingerprint density at radius 2 is 2.10 bits per heavy atom. The number of thioether (sulfide) groups is 3. The first-order chi connectivity index (χ1) is 10.2. The lowest BCUT2D eigenvalue weighted by atomic mass is 10.2. The minimum Gasteiger partial charge on any atom is -0.133 e. The van der Waals surface area contributed by atoms with Crippen LogP contribution in [0.1, 0.15) is 18.2 Å². The second-order valence-electron chi connectivity index (χ2n) is 5.08. The second kappa shape index (κ2) is 5.58. The summed E-state index contributed by atoms with van der Waals surface area (Å²) in [5.41, 5.74) is 0. The molecule has 4 rings (SSSR count). The van der Waals surface area contributed by atoms with Gasteiger partial charge in [-0.25, -0.2) is 0 Å². The first-order valence-corrected chi connectivity index (χ1v) is 10.2. The van der Waals surface area contributed by atoms with Crippen molar-refractivity contribution in [3.8, 4) is 0 Å². The summed E-state index contributed by atoms with van der Waals surface area (Å²) in [6.07, 6.45) is 3.50. The lowest BCUT2D eigenvalue weighted by molar-refractivity contribution is 1.08. The van der Waals surface area contributed by atoms with Gasteiger partial charge in [-0.2, -0.15) is 0 Å². The maximum Gasteiger partial charge on any atom is 0.0555 e. The van der Waals surface area contributed by atoms with Crippen LogP contribution in [0, 0.1) is 0 Å². The molecule has 0 nitrogen and oxygen atoms in total. The van der Waals surface area contributed by atoms with E-state index in [1.54, 1.807) is 0 Å². The van der Waals surface area contributed by atoms with E-state index >= 15 is 0 Å². The molecular weight excluding hydrogens is 332 g/mol. The number of hydrogen-bond donors (Lipinski definition) is 0. The standard InChI is InChI=1S/C17H14S4/c1-10-7-8-14(19-10)15-9-18-17-12-5-3-4-6-13(12)21-16(17)11(2)20-15/h3-7,9,14H,2,8H2,1H3. The highest BCUT2D eigenvalue weighted by Gasteiger charge is 2.25. The largest absolute Gasteiger partial charge is 0.133 e. The summed E-state index contributed by atoms with van der Waals surface area (Å²) in [6, 6.07) is 8.67. The quantitative estimate of drug-likeness (QED) is 0.547. The van der Waals surface area contributed by atoms with Crippen LogP contribution in [0.5, 0.6) is 0 Å². The number of benzene rings is 1. The summed E-state index contributed by atoms with van der Waals surface area (Å²) >= 11 is 7.60. The van der Waals surface area contributed by atoms with Gasteiger partial charge in [0.15, 0.2) is 0 Å². The van der Waals surface area contributed by atoms with Gasteiger partial charge in [0.25, 0.3) is 0 Å². The molecule has 106 valence electrons. The van der Waals surface area contributed by atoms with E-state index in [0.717, 1.165) is 6.42 Å². The van der Waals surface area contributed by atoms with Crippen molar-refractivity contribution in [3.05, 3.63) is 57.0 Å². The number of fused-ring (bicyclic) bond motifs is 3. The van der Waals surface area contributed by atoms with E-state index < -0.39 is 0 Å². The summed E-state index contributed by atoms with van der Waals surface area (Å²) in [7, 11) is 0. The molecule has 1 atom stereocenters. The third-order valence-corrected chi connectivity index (χ3v) is 8.78. The van der Waals surface area contributed by atoms with Crippen LogP contribution in [-0.2, 0) is 0 Å². The van der Waals surface area contributed by atoms with Gasteiger partial charge in [-0.1, -0.05) is 54.4 Å². The number of hydrogen-bond acceptors (Lipinski definition) is 4. The van der Waals surface area contributed by atoms with Crippen LogP contribution < -0.4 is 0 Å². The van der Waals surface area contributed by atoms with E-state index in [-0.39, 0.29) is 0 Å². The molecule has 2 aromatic rings. The fourth-order valence-electron chi connectivity index (χ4n) is 2.56. The SMILES string of the molecule is C=C1SC(C2CC=C(C)S2)=CSc2c1sc1ccccc21. The molecule has 1 unspecified atom stereocenters. The summed E-state index contributed by atoms with van der Waals surface area (Å²) in [5.74, 6) is 0. The summed E-state index contributed by atoms with van der Waals surface area (Å²) in [4.78, 5) is 6.84.